The lowest BCUT2D eigenvalue weighted by molar-refractivity contribution is -0.116. The monoisotopic (exact) mass is 340 g/mol. The van der Waals surface area contributed by atoms with Gasteiger partial charge in [0.25, 0.3) is 0 Å². The molecule has 1 heterocycles. The maximum absolute atomic E-state index is 13.4. The molecule has 2 rings (SSSR count). The molecule has 0 atom stereocenters. The Kier molecular flexibility index (Phi) is 6.29. The van der Waals surface area contributed by atoms with E-state index in [0.29, 0.717) is 25.2 Å². The van der Waals surface area contributed by atoms with E-state index < -0.39 is 9.84 Å². The first-order valence-corrected chi connectivity index (χ1v) is 9.42. The number of nitrogens with one attached hydrogen (secondary N) is 1. The van der Waals surface area contributed by atoms with Crippen LogP contribution >= 0.6 is 0 Å². The van der Waals surface area contributed by atoms with Crippen LogP contribution in [-0.4, -0.2) is 56.9 Å². The Morgan fingerprint density at radius 2 is 1.96 bits per heavy atom. The summed E-state index contributed by atoms with van der Waals surface area (Å²) in [5.41, 5.74) is 0.372. The third kappa shape index (κ3) is 6.11. The molecule has 0 bridgehead atoms. The molecule has 126 valence electrons. The molecule has 0 aliphatic carbocycles. The summed E-state index contributed by atoms with van der Waals surface area (Å²) < 4.78 is 36.0. The van der Waals surface area contributed by atoms with Crippen molar-refractivity contribution in [1.82, 2.24) is 10.2 Å². The molecule has 23 heavy (non-hydrogen) atoms. The molecule has 1 N–H and O–H groups in total. The number of hydrogen-bond acceptors (Lipinski definition) is 4. The van der Waals surface area contributed by atoms with Crippen molar-refractivity contribution in [3.05, 3.63) is 41.7 Å². The van der Waals surface area contributed by atoms with Crippen molar-refractivity contribution in [2.45, 2.75) is 6.42 Å². The zero-order chi connectivity index (χ0) is 16.7. The lowest BCUT2D eigenvalue weighted by Crippen LogP contribution is -2.41. The number of halogens is 1. The average Bonchev–Trinajstić information content (AvgIpc) is 2.52. The van der Waals surface area contributed by atoms with Crippen molar-refractivity contribution in [1.29, 1.82) is 0 Å². The molecular weight excluding hydrogens is 319 g/mol. The molecule has 0 radical (unpaired) electrons. The molecular formula is C16H21FN2O3S. The van der Waals surface area contributed by atoms with Crippen LogP contribution in [0.5, 0.6) is 0 Å². The first-order chi connectivity index (χ1) is 11.0. The fourth-order valence-electron chi connectivity index (χ4n) is 2.32. The predicted octanol–water partition coefficient (Wildman–Crippen LogP) is 1.08. The van der Waals surface area contributed by atoms with Gasteiger partial charge in [-0.1, -0.05) is 18.2 Å². The van der Waals surface area contributed by atoms with Gasteiger partial charge in [-0.25, -0.2) is 12.8 Å². The van der Waals surface area contributed by atoms with Gasteiger partial charge in [-0.05, 0) is 25.1 Å². The van der Waals surface area contributed by atoms with Gasteiger partial charge in [0.1, 0.15) is 5.82 Å². The predicted molar refractivity (Wildman–Crippen MR) is 88.2 cm³/mol. The van der Waals surface area contributed by atoms with Crippen LogP contribution in [0, 0.1) is 5.82 Å². The number of carbonyl (C=O) groups excluding carboxylic acids is 1. The summed E-state index contributed by atoms with van der Waals surface area (Å²) in [6.07, 6.45) is 3.51. The van der Waals surface area contributed by atoms with Crippen LogP contribution in [0.1, 0.15) is 12.0 Å². The second-order valence-corrected chi connectivity index (χ2v) is 7.80. The van der Waals surface area contributed by atoms with Crippen molar-refractivity contribution in [2.75, 3.05) is 37.7 Å². The SMILES string of the molecule is O=C(/C=C/c1ccccc1F)NCCCN1CCS(=O)(=O)CC1. The molecule has 1 fully saturated rings. The van der Waals surface area contributed by atoms with Crippen molar-refractivity contribution in [3.63, 3.8) is 0 Å². The van der Waals surface area contributed by atoms with Gasteiger partial charge in [-0.15, -0.1) is 0 Å². The topological polar surface area (TPSA) is 66.5 Å². The van der Waals surface area contributed by atoms with E-state index in [1.54, 1.807) is 18.2 Å². The third-order valence-electron chi connectivity index (χ3n) is 3.71. The second-order valence-electron chi connectivity index (χ2n) is 5.49. The highest BCUT2D eigenvalue weighted by Gasteiger charge is 2.20. The van der Waals surface area contributed by atoms with E-state index in [9.17, 15) is 17.6 Å². The third-order valence-corrected chi connectivity index (χ3v) is 5.32. The summed E-state index contributed by atoms with van der Waals surface area (Å²) in [5, 5.41) is 2.74. The van der Waals surface area contributed by atoms with Crippen LogP contribution in [-0.2, 0) is 14.6 Å². The van der Waals surface area contributed by atoms with Gasteiger partial charge in [0.2, 0.25) is 5.91 Å². The summed E-state index contributed by atoms with van der Waals surface area (Å²) >= 11 is 0. The summed E-state index contributed by atoms with van der Waals surface area (Å²) in [4.78, 5) is 13.7. The van der Waals surface area contributed by atoms with Crippen molar-refractivity contribution < 1.29 is 17.6 Å². The lowest BCUT2D eigenvalue weighted by atomic mass is 10.2. The average molecular weight is 340 g/mol. The standard InChI is InChI=1S/C16H21FN2O3S/c17-15-5-2-1-4-14(15)6-7-16(20)18-8-3-9-19-10-12-23(21,22)13-11-19/h1-2,4-7H,3,8-13H2,(H,18,20)/b7-6+. The minimum absolute atomic E-state index is 0.213. The highest BCUT2D eigenvalue weighted by Crippen LogP contribution is 2.08. The number of amides is 1. The fourth-order valence-corrected chi connectivity index (χ4v) is 3.60. The van der Waals surface area contributed by atoms with Crippen LogP contribution in [0.4, 0.5) is 4.39 Å². The number of rotatable bonds is 6. The van der Waals surface area contributed by atoms with Gasteiger partial charge in [0.15, 0.2) is 9.84 Å². The summed E-state index contributed by atoms with van der Waals surface area (Å²) in [6.45, 7) is 2.38. The zero-order valence-corrected chi connectivity index (χ0v) is 13.7. The molecule has 0 unspecified atom stereocenters. The van der Waals surface area contributed by atoms with Crippen LogP contribution in [0.2, 0.25) is 0 Å². The number of benzene rings is 1. The highest BCUT2D eigenvalue weighted by molar-refractivity contribution is 7.91. The summed E-state index contributed by atoms with van der Waals surface area (Å²) in [6, 6.07) is 6.25. The molecule has 1 amide bonds. The number of hydrogen-bond donors (Lipinski definition) is 1. The zero-order valence-electron chi connectivity index (χ0n) is 12.9. The number of carbonyl (C=O) groups is 1. The summed E-state index contributed by atoms with van der Waals surface area (Å²) in [5.74, 6) is -0.207. The molecule has 0 aromatic heterocycles. The Bertz CT molecular complexity index is 660. The van der Waals surface area contributed by atoms with E-state index in [4.69, 9.17) is 0 Å². The molecule has 1 aromatic carbocycles. The van der Waals surface area contributed by atoms with Gasteiger partial charge in [0.05, 0.1) is 11.5 Å². The van der Waals surface area contributed by atoms with Crippen molar-refractivity contribution >= 4 is 21.8 Å². The van der Waals surface area contributed by atoms with Gasteiger partial charge in [-0.2, -0.15) is 0 Å². The lowest BCUT2D eigenvalue weighted by Gasteiger charge is -2.26. The fraction of sp³-hybridized carbons (Fsp3) is 0.438. The molecule has 5 nitrogen and oxygen atoms in total. The molecule has 1 saturated heterocycles. The van der Waals surface area contributed by atoms with E-state index in [1.165, 1.54) is 18.2 Å². The normalized spacial score (nSPS) is 18.1. The van der Waals surface area contributed by atoms with Crippen molar-refractivity contribution in [2.24, 2.45) is 0 Å². The van der Waals surface area contributed by atoms with Crippen LogP contribution in [0.15, 0.2) is 30.3 Å². The van der Waals surface area contributed by atoms with Gasteiger partial charge < -0.3 is 10.2 Å². The van der Waals surface area contributed by atoms with Crippen molar-refractivity contribution in [3.8, 4) is 0 Å². The van der Waals surface area contributed by atoms with Gasteiger partial charge in [0, 0.05) is 31.3 Å². The van der Waals surface area contributed by atoms with Crippen LogP contribution in [0.3, 0.4) is 0 Å². The number of nitrogens with zero attached hydrogens (tertiary/aromatic N) is 1. The first-order valence-electron chi connectivity index (χ1n) is 7.59. The molecule has 1 aliphatic heterocycles. The van der Waals surface area contributed by atoms with Gasteiger partial charge in [-0.3, -0.25) is 4.79 Å². The number of sulfone groups is 1. The second kappa shape index (κ2) is 8.21. The van der Waals surface area contributed by atoms with E-state index in [-0.39, 0.29) is 23.2 Å². The van der Waals surface area contributed by atoms with E-state index in [0.717, 1.165) is 13.0 Å². The molecule has 0 saturated carbocycles. The minimum Gasteiger partial charge on any atom is -0.353 e. The Morgan fingerprint density at radius 1 is 1.26 bits per heavy atom. The maximum Gasteiger partial charge on any atom is 0.244 e. The molecule has 1 aliphatic rings. The van der Waals surface area contributed by atoms with E-state index in [1.807, 2.05) is 0 Å². The molecule has 7 heteroatoms. The minimum atomic E-state index is -2.85. The van der Waals surface area contributed by atoms with Crippen LogP contribution < -0.4 is 5.32 Å². The Labute approximate surface area is 136 Å². The molecule has 1 aromatic rings. The Morgan fingerprint density at radius 3 is 2.65 bits per heavy atom. The molecule has 0 spiro atoms. The summed E-state index contributed by atoms with van der Waals surface area (Å²) in [7, 11) is -2.85. The largest absolute Gasteiger partial charge is 0.353 e. The van der Waals surface area contributed by atoms with E-state index >= 15 is 0 Å². The quantitative estimate of drug-likeness (QED) is 0.622. The highest BCUT2D eigenvalue weighted by atomic mass is 32.2. The first kappa shape index (κ1) is 17.6. The van der Waals surface area contributed by atoms with Gasteiger partial charge >= 0.3 is 0 Å². The maximum atomic E-state index is 13.4. The van der Waals surface area contributed by atoms with E-state index in [2.05, 4.69) is 10.2 Å². The Balaban J connectivity index is 1.65. The van der Waals surface area contributed by atoms with Crippen LogP contribution in [0.25, 0.3) is 6.08 Å². The Hall–Kier alpha value is -1.73. The smallest absolute Gasteiger partial charge is 0.244 e.